The van der Waals surface area contributed by atoms with Crippen LogP contribution in [0.1, 0.15) is 24.3 Å². The largest absolute Gasteiger partial charge is 0.456 e. The fourth-order valence-electron chi connectivity index (χ4n) is 1.02. The summed E-state index contributed by atoms with van der Waals surface area (Å²) in [5.41, 5.74) is -1.93. The summed E-state index contributed by atoms with van der Waals surface area (Å²) in [6, 6.07) is 0. The van der Waals surface area contributed by atoms with Crippen molar-refractivity contribution in [3.05, 3.63) is 11.9 Å². The van der Waals surface area contributed by atoms with Gasteiger partial charge in [-0.3, -0.25) is 4.79 Å². The Morgan fingerprint density at radius 1 is 1.50 bits per heavy atom. The summed E-state index contributed by atoms with van der Waals surface area (Å²) in [5.74, 6) is -2.05. The van der Waals surface area contributed by atoms with Gasteiger partial charge < -0.3 is 5.11 Å². The Hall–Kier alpha value is -1.44. The highest BCUT2D eigenvalue weighted by Crippen LogP contribution is 2.20. The number of hydrogen-bond acceptors (Lipinski definition) is 4. The monoisotopic (exact) mass is 237 g/mol. The van der Waals surface area contributed by atoms with Gasteiger partial charge in [-0.1, -0.05) is 5.21 Å². The fraction of sp³-hybridized carbons (Fsp3) is 0.625. The molecule has 90 valence electrons. The van der Waals surface area contributed by atoms with Crippen LogP contribution in [0.5, 0.6) is 0 Å². The molecule has 0 fully saturated rings. The quantitative estimate of drug-likeness (QED) is 0.789. The molecule has 0 saturated heterocycles. The predicted octanol–water partition coefficient (Wildman–Crippen LogP) is 0.794. The Balaban J connectivity index is 2.84. The van der Waals surface area contributed by atoms with Crippen LogP contribution in [0, 0.1) is 0 Å². The molecule has 8 heteroatoms. The van der Waals surface area contributed by atoms with Gasteiger partial charge in [-0.15, -0.1) is 5.10 Å². The third-order valence-corrected chi connectivity index (χ3v) is 1.58. The van der Waals surface area contributed by atoms with E-state index in [2.05, 4.69) is 10.3 Å². The van der Waals surface area contributed by atoms with Crippen molar-refractivity contribution in [3.63, 3.8) is 0 Å². The molecule has 1 N–H and O–H groups in total. The summed E-state index contributed by atoms with van der Waals surface area (Å²) in [7, 11) is 0. The van der Waals surface area contributed by atoms with E-state index in [9.17, 15) is 23.1 Å². The van der Waals surface area contributed by atoms with Crippen LogP contribution in [0.4, 0.5) is 13.2 Å². The van der Waals surface area contributed by atoms with Gasteiger partial charge in [-0.05, 0) is 13.8 Å². The van der Waals surface area contributed by atoms with Crippen molar-refractivity contribution < 1.29 is 23.1 Å². The van der Waals surface area contributed by atoms with Crippen molar-refractivity contribution in [2.45, 2.75) is 32.2 Å². The van der Waals surface area contributed by atoms with E-state index >= 15 is 0 Å². The van der Waals surface area contributed by atoms with Crippen LogP contribution in [0.15, 0.2) is 6.20 Å². The number of ketones is 1. The second-order valence-electron chi connectivity index (χ2n) is 3.94. The van der Waals surface area contributed by atoms with Crippen LogP contribution in [0.25, 0.3) is 0 Å². The first-order valence-electron chi connectivity index (χ1n) is 4.33. The molecule has 16 heavy (non-hydrogen) atoms. The van der Waals surface area contributed by atoms with Gasteiger partial charge in [0.1, 0.15) is 0 Å². The molecule has 0 aliphatic rings. The summed E-state index contributed by atoms with van der Waals surface area (Å²) in [5, 5.41) is 15.8. The molecule has 0 aliphatic heterocycles. The normalized spacial score (nSPS) is 12.9. The number of hydrogen-bond donors (Lipinski definition) is 1. The van der Waals surface area contributed by atoms with E-state index < -0.39 is 23.3 Å². The van der Waals surface area contributed by atoms with Crippen molar-refractivity contribution in [2.24, 2.45) is 0 Å². The summed E-state index contributed by atoms with van der Waals surface area (Å²) in [4.78, 5) is 10.7. The summed E-state index contributed by atoms with van der Waals surface area (Å²) in [6.45, 7) is 2.87. The first-order chi connectivity index (χ1) is 7.09. The van der Waals surface area contributed by atoms with Crippen LogP contribution in [-0.2, 0) is 6.54 Å². The molecule has 0 saturated carbocycles. The molecule has 1 aromatic rings. The molecule has 0 radical (unpaired) electrons. The Morgan fingerprint density at radius 2 is 2.06 bits per heavy atom. The predicted molar refractivity (Wildman–Crippen MR) is 46.7 cm³/mol. The van der Waals surface area contributed by atoms with Crippen molar-refractivity contribution in [1.82, 2.24) is 15.0 Å². The lowest BCUT2D eigenvalue weighted by Gasteiger charge is -2.15. The SMILES string of the molecule is CC(C)(O)Cn1cc(C(=O)C(F)(F)F)nn1. The van der Waals surface area contributed by atoms with Gasteiger partial charge in [0.05, 0.1) is 18.3 Å². The Bertz CT molecular complexity index is 392. The highest BCUT2D eigenvalue weighted by atomic mass is 19.4. The van der Waals surface area contributed by atoms with Crippen molar-refractivity contribution in [3.8, 4) is 0 Å². The van der Waals surface area contributed by atoms with Gasteiger partial charge in [0.25, 0.3) is 5.78 Å². The van der Waals surface area contributed by atoms with E-state index in [0.29, 0.717) is 0 Å². The third-order valence-electron chi connectivity index (χ3n) is 1.58. The van der Waals surface area contributed by atoms with E-state index in [1.165, 1.54) is 13.8 Å². The van der Waals surface area contributed by atoms with E-state index in [0.717, 1.165) is 10.9 Å². The van der Waals surface area contributed by atoms with E-state index in [1.54, 1.807) is 0 Å². The van der Waals surface area contributed by atoms with Crippen LogP contribution >= 0.6 is 0 Å². The molecular formula is C8H10F3N3O2. The number of rotatable bonds is 3. The zero-order valence-corrected chi connectivity index (χ0v) is 8.62. The molecule has 0 spiro atoms. The molecule has 1 aromatic heterocycles. The zero-order chi connectivity index (χ0) is 12.6. The molecular weight excluding hydrogens is 227 g/mol. The third kappa shape index (κ3) is 3.30. The minimum absolute atomic E-state index is 0.0505. The van der Waals surface area contributed by atoms with Gasteiger partial charge in [0.15, 0.2) is 5.69 Å². The zero-order valence-electron chi connectivity index (χ0n) is 8.62. The molecule has 1 rings (SSSR count). The standard InChI is InChI=1S/C8H10F3N3O2/c1-7(2,16)4-14-3-5(12-13-14)6(15)8(9,10)11/h3,16H,4H2,1-2H3. The minimum atomic E-state index is -4.96. The maximum Gasteiger partial charge on any atom is 0.456 e. The van der Waals surface area contributed by atoms with Gasteiger partial charge >= 0.3 is 6.18 Å². The second kappa shape index (κ2) is 3.85. The van der Waals surface area contributed by atoms with Crippen LogP contribution < -0.4 is 0 Å². The van der Waals surface area contributed by atoms with Gasteiger partial charge in [0.2, 0.25) is 0 Å². The average molecular weight is 237 g/mol. The van der Waals surface area contributed by atoms with Crippen LogP contribution in [-0.4, -0.2) is 37.7 Å². The highest BCUT2D eigenvalue weighted by molar-refractivity contribution is 5.98. The first-order valence-corrected chi connectivity index (χ1v) is 4.33. The molecule has 0 bridgehead atoms. The highest BCUT2D eigenvalue weighted by Gasteiger charge is 2.41. The number of halogens is 3. The maximum absolute atomic E-state index is 12.0. The van der Waals surface area contributed by atoms with E-state index in [1.807, 2.05) is 0 Å². The molecule has 0 atom stereocenters. The molecule has 0 aliphatic carbocycles. The number of aromatic nitrogens is 3. The molecule has 1 heterocycles. The lowest BCUT2D eigenvalue weighted by atomic mass is 10.1. The first kappa shape index (κ1) is 12.6. The number of carbonyl (C=O) groups excluding carboxylic acids is 1. The maximum atomic E-state index is 12.0. The van der Waals surface area contributed by atoms with Crippen molar-refractivity contribution in [1.29, 1.82) is 0 Å². The minimum Gasteiger partial charge on any atom is -0.389 e. The number of alkyl halides is 3. The summed E-state index contributed by atoms with van der Waals surface area (Å²) < 4.78 is 37.0. The smallest absolute Gasteiger partial charge is 0.389 e. The Kier molecular flexibility index (Phi) is 3.04. The van der Waals surface area contributed by atoms with Gasteiger partial charge in [-0.25, -0.2) is 4.68 Å². The van der Waals surface area contributed by atoms with Crippen LogP contribution in [0.2, 0.25) is 0 Å². The Morgan fingerprint density at radius 3 is 2.50 bits per heavy atom. The number of aliphatic hydroxyl groups is 1. The van der Waals surface area contributed by atoms with E-state index in [-0.39, 0.29) is 6.54 Å². The lowest BCUT2D eigenvalue weighted by molar-refractivity contribution is -0.0888. The summed E-state index contributed by atoms with van der Waals surface area (Å²) >= 11 is 0. The van der Waals surface area contributed by atoms with Crippen molar-refractivity contribution in [2.75, 3.05) is 0 Å². The fourth-order valence-corrected chi connectivity index (χ4v) is 1.02. The number of nitrogens with zero attached hydrogens (tertiary/aromatic N) is 3. The second-order valence-corrected chi connectivity index (χ2v) is 3.94. The average Bonchev–Trinajstić information content (AvgIpc) is 2.46. The molecule has 0 amide bonds. The molecule has 0 unspecified atom stereocenters. The van der Waals surface area contributed by atoms with Gasteiger partial charge in [-0.2, -0.15) is 13.2 Å². The summed E-state index contributed by atoms with van der Waals surface area (Å²) in [6.07, 6.45) is -4.11. The topological polar surface area (TPSA) is 68.0 Å². The lowest BCUT2D eigenvalue weighted by Crippen LogP contribution is -2.26. The molecule has 5 nitrogen and oxygen atoms in total. The molecule has 0 aromatic carbocycles. The number of carbonyl (C=O) groups is 1. The van der Waals surface area contributed by atoms with E-state index in [4.69, 9.17) is 0 Å². The van der Waals surface area contributed by atoms with Crippen LogP contribution in [0.3, 0.4) is 0 Å². The van der Waals surface area contributed by atoms with Crippen molar-refractivity contribution >= 4 is 5.78 Å². The Labute approximate surface area is 88.9 Å². The number of Topliss-reactive ketones (excluding diaryl/α,β-unsaturated/α-hetero) is 1. The van der Waals surface area contributed by atoms with Gasteiger partial charge in [0, 0.05) is 0 Å².